The second-order valence-electron chi connectivity index (χ2n) is 8.72. The van der Waals surface area contributed by atoms with Gasteiger partial charge in [-0.25, -0.2) is 0 Å². The molecular weight excluding hydrogens is 482 g/mol. The molecule has 3 amide bonds. The van der Waals surface area contributed by atoms with E-state index in [0.29, 0.717) is 43.1 Å². The molecule has 2 aromatic rings. The lowest BCUT2D eigenvalue weighted by Crippen LogP contribution is -2.54. The quantitative estimate of drug-likeness (QED) is 0.222. The summed E-state index contributed by atoms with van der Waals surface area (Å²) in [7, 11) is 0. The van der Waals surface area contributed by atoms with E-state index in [2.05, 4.69) is 5.32 Å². The molecule has 11 heteroatoms. The Kier molecular flexibility index (Phi) is 6.84. The van der Waals surface area contributed by atoms with Crippen LogP contribution in [0.5, 0.6) is 0 Å². The fourth-order valence-corrected chi connectivity index (χ4v) is 4.51. The maximum atomic E-state index is 13.5. The lowest BCUT2D eigenvalue weighted by atomic mass is 10.0. The first-order valence-electron chi connectivity index (χ1n) is 11.3. The molecule has 2 heterocycles. The number of aryl methyl sites for hydroxylation is 2. The number of carbonyl (C=O) groups excluding carboxylic acids is 3. The number of rotatable bonds is 4. The van der Waals surface area contributed by atoms with Crippen molar-refractivity contribution >= 4 is 58.2 Å². The molecule has 1 N–H and O–H groups in total. The Bertz CT molecular complexity index is 1330. The van der Waals surface area contributed by atoms with Crippen molar-refractivity contribution in [3.8, 4) is 0 Å². The number of benzene rings is 2. The van der Waals surface area contributed by atoms with Gasteiger partial charge in [0, 0.05) is 56.5 Å². The number of nitro groups is 1. The zero-order valence-electron chi connectivity index (χ0n) is 20.1. The standard InChI is InChI=1S/C25H25N5O5S/c1-15-4-5-19(12-16(15)2)29-24(33)21(23(32)26-25(29)36)14-18-13-20(30(34)35)6-7-22(18)28-10-8-27(9-11-28)17(3)31/h4-7,12-14H,8-11H2,1-3H3,(H,26,32,36)/b21-14-. The first-order valence-corrected chi connectivity index (χ1v) is 11.7. The van der Waals surface area contributed by atoms with Crippen LogP contribution < -0.4 is 15.1 Å². The van der Waals surface area contributed by atoms with Crippen molar-refractivity contribution in [2.45, 2.75) is 20.8 Å². The molecule has 0 aromatic heterocycles. The van der Waals surface area contributed by atoms with Crippen molar-refractivity contribution < 1.29 is 19.3 Å². The Morgan fingerprint density at radius 1 is 1.06 bits per heavy atom. The van der Waals surface area contributed by atoms with Crippen LogP contribution in [0, 0.1) is 24.0 Å². The van der Waals surface area contributed by atoms with E-state index in [1.54, 1.807) is 17.0 Å². The highest BCUT2D eigenvalue weighted by atomic mass is 32.1. The minimum Gasteiger partial charge on any atom is -0.367 e. The molecule has 36 heavy (non-hydrogen) atoms. The topological polar surface area (TPSA) is 116 Å². The number of nitrogens with one attached hydrogen (secondary N) is 1. The van der Waals surface area contributed by atoms with Crippen LogP contribution in [0.25, 0.3) is 6.08 Å². The number of hydrogen-bond donors (Lipinski definition) is 1. The molecule has 4 rings (SSSR count). The molecular formula is C25H25N5O5S. The van der Waals surface area contributed by atoms with E-state index in [1.807, 2.05) is 30.9 Å². The molecule has 2 aliphatic heterocycles. The van der Waals surface area contributed by atoms with Gasteiger partial charge in [0.25, 0.3) is 17.5 Å². The monoisotopic (exact) mass is 507 g/mol. The SMILES string of the molecule is CC(=O)N1CCN(c2ccc([N+](=O)[O-])cc2/C=C2/C(=O)NC(=S)N(c3ccc(C)c(C)c3)C2=O)CC1. The zero-order chi connectivity index (χ0) is 26.1. The summed E-state index contributed by atoms with van der Waals surface area (Å²) in [5.74, 6) is -1.32. The summed E-state index contributed by atoms with van der Waals surface area (Å²) in [5, 5.41) is 14.0. The van der Waals surface area contributed by atoms with Gasteiger partial charge in [-0.2, -0.15) is 0 Å². The van der Waals surface area contributed by atoms with Gasteiger partial charge in [0.1, 0.15) is 5.57 Å². The normalized spacial score (nSPS) is 17.5. The highest BCUT2D eigenvalue weighted by Crippen LogP contribution is 2.30. The maximum Gasteiger partial charge on any atom is 0.270 e. The Balaban J connectivity index is 1.75. The number of anilines is 2. The second-order valence-corrected chi connectivity index (χ2v) is 9.11. The van der Waals surface area contributed by atoms with Crippen LogP contribution in [0.4, 0.5) is 17.1 Å². The van der Waals surface area contributed by atoms with Crippen LogP contribution in [0.15, 0.2) is 42.0 Å². The molecule has 2 aliphatic rings. The predicted octanol–water partition coefficient (Wildman–Crippen LogP) is 2.71. The smallest absolute Gasteiger partial charge is 0.270 e. The van der Waals surface area contributed by atoms with Crippen molar-refractivity contribution in [1.82, 2.24) is 10.2 Å². The average molecular weight is 508 g/mol. The first kappa shape index (κ1) is 25.0. The molecule has 0 unspecified atom stereocenters. The first-order chi connectivity index (χ1) is 17.1. The molecule has 2 saturated heterocycles. The number of piperazine rings is 1. The Morgan fingerprint density at radius 2 is 1.75 bits per heavy atom. The molecule has 186 valence electrons. The van der Waals surface area contributed by atoms with Gasteiger partial charge in [-0.05, 0) is 61.5 Å². The van der Waals surface area contributed by atoms with E-state index in [4.69, 9.17) is 12.2 Å². The van der Waals surface area contributed by atoms with Crippen LogP contribution in [0.1, 0.15) is 23.6 Å². The van der Waals surface area contributed by atoms with Gasteiger partial charge in [0.2, 0.25) is 5.91 Å². The lowest BCUT2D eigenvalue weighted by molar-refractivity contribution is -0.384. The van der Waals surface area contributed by atoms with Crippen molar-refractivity contribution in [2.75, 3.05) is 36.0 Å². The largest absolute Gasteiger partial charge is 0.367 e. The number of thiocarbonyl (C=S) groups is 1. The van der Waals surface area contributed by atoms with Gasteiger partial charge in [-0.1, -0.05) is 6.07 Å². The Hall–Kier alpha value is -4.12. The van der Waals surface area contributed by atoms with Crippen LogP contribution in [-0.4, -0.2) is 58.8 Å². The number of amides is 3. The summed E-state index contributed by atoms with van der Waals surface area (Å²) in [6, 6.07) is 9.74. The Labute approximate surface area is 213 Å². The molecule has 10 nitrogen and oxygen atoms in total. The summed E-state index contributed by atoms with van der Waals surface area (Å²) >= 11 is 5.29. The number of hydrogen-bond acceptors (Lipinski definition) is 7. The van der Waals surface area contributed by atoms with Crippen LogP contribution >= 0.6 is 12.2 Å². The molecule has 0 spiro atoms. The van der Waals surface area contributed by atoms with Gasteiger partial charge >= 0.3 is 0 Å². The molecule has 0 radical (unpaired) electrons. The highest BCUT2D eigenvalue weighted by Gasteiger charge is 2.35. The molecule has 2 aromatic carbocycles. The highest BCUT2D eigenvalue weighted by molar-refractivity contribution is 7.80. The fraction of sp³-hybridized carbons (Fsp3) is 0.280. The average Bonchev–Trinajstić information content (AvgIpc) is 2.83. The third kappa shape index (κ3) is 4.82. The van der Waals surface area contributed by atoms with Crippen molar-refractivity contribution in [1.29, 1.82) is 0 Å². The van der Waals surface area contributed by atoms with E-state index in [-0.39, 0.29) is 22.3 Å². The van der Waals surface area contributed by atoms with E-state index in [9.17, 15) is 24.5 Å². The number of nitrogens with zero attached hydrogens (tertiary/aromatic N) is 4. The molecule has 0 atom stereocenters. The van der Waals surface area contributed by atoms with Crippen LogP contribution in [0.3, 0.4) is 0 Å². The third-order valence-electron chi connectivity index (χ3n) is 6.44. The van der Waals surface area contributed by atoms with Crippen molar-refractivity contribution in [2.24, 2.45) is 0 Å². The summed E-state index contributed by atoms with van der Waals surface area (Å²) in [6.45, 7) is 7.37. The second kappa shape index (κ2) is 9.86. The zero-order valence-corrected chi connectivity index (χ0v) is 20.9. The minimum atomic E-state index is -0.677. The molecule has 0 bridgehead atoms. The van der Waals surface area contributed by atoms with E-state index >= 15 is 0 Å². The van der Waals surface area contributed by atoms with Crippen molar-refractivity contribution in [3.05, 3.63) is 68.8 Å². The van der Waals surface area contributed by atoms with Gasteiger partial charge in [-0.3, -0.25) is 34.7 Å². The summed E-state index contributed by atoms with van der Waals surface area (Å²) in [5.41, 5.74) is 3.13. The minimum absolute atomic E-state index is 0.0208. The third-order valence-corrected chi connectivity index (χ3v) is 6.72. The molecule has 0 aliphatic carbocycles. The summed E-state index contributed by atoms with van der Waals surface area (Å²) < 4.78 is 0. The summed E-state index contributed by atoms with van der Waals surface area (Å²) in [6.07, 6.45) is 1.37. The van der Waals surface area contributed by atoms with E-state index in [0.717, 1.165) is 11.1 Å². The van der Waals surface area contributed by atoms with Crippen LogP contribution in [0.2, 0.25) is 0 Å². The van der Waals surface area contributed by atoms with Gasteiger partial charge in [-0.15, -0.1) is 0 Å². The van der Waals surface area contributed by atoms with E-state index < -0.39 is 16.7 Å². The molecule has 0 saturated carbocycles. The number of carbonyl (C=O) groups is 3. The Morgan fingerprint density at radius 3 is 2.36 bits per heavy atom. The molecule has 2 fully saturated rings. The van der Waals surface area contributed by atoms with Crippen LogP contribution in [-0.2, 0) is 14.4 Å². The number of nitro benzene ring substituents is 1. The van der Waals surface area contributed by atoms with Gasteiger partial charge in [0.15, 0.2) is 5.11 Å². The van der Waals surface area contributed by atoms with Crippen molar-refractivity contribution in [3.63, 3.8) is 0 Å². The lowest BCUT2D eigenvalue weighted by Gasteiger charge is -2.36. The predicted molar refractivity (Wildman–Crippen MR) is 140 cm³/mol. The summed E-state index contributed by atoms with van der Waals surface area (Å²) in [4.78, 5) is 53.9. The van der Waals surface area contributed by atoms with Gasteiger partial charge in [0.05, 0.1) is 10.6 Å². The number of non-ortho nitro benzene ring substituents is 1. The van der Waals surface area contributed by atoms with Gasteiger partial charge < -0.3 is 9.80 Å². The maximum absolute atomic E-state index is 13.5. The fourth-order valence-electron chi connectivity index (χ4n) is 4.23. The van der Waals surface area contributed by atoms with E-state index in [1.165, 1.54) is 30.0 Å².